The highest BCUT2D eigenvalue weighted by Gasteiger charge is 2.21. The molecule has 1 aromatic rings. The van der Waals surface area contributed by atoms with Crippen LogP contribution in [0.4, 0.5) is 10.1 Å². The SMILES string of the molecule is C/C=C/CCNS(=O)(=O)c1cc(N)cc(Cl)c1F. The van der Waals surface area contributed by atoms with Crippen molar-refractivity contribution in [2.24, 2.45) is 0 Å². The number of allylic oxidation sites excluding steroid dienone is 1. The standard InChI is InChI=1S/C11H14ClFN2O2S/c1-2-3-4-5-15-18(16,17)10-7-8(14)6-9(12)11(10)13/h2-3,6-7,15H,4-5,14H2,1H3/b3-2+. The number of benzene rings is 1. The van der Waals surface area contributed by atoms with Gasteiger partial charge in [0.1, 0.15) is 4.90 Å². The molecule has 3 N–H and O–H groups in total. The molecule has 0 radical (unpaired) electrons. The Morgan fingerprint density at radius 2 is 2.17 bits per heavy atom. The summed E-state index contributed by atoms with van der Waals surface area (Å²) >= 11 is 5.55. The van der Waals surface area contributed by atoms with Crippen LogP contribution in [0.2, 0.25) is 5.02 Å². The zero-order valence-corrected chi connectivity index (χ0v) is 11.4. The fourth-order valence-electron chi connectivity index (χ4n) is 1.30. The summed E-state index contributed by atoms with van der Waals surface area (Å²) in [5.41, 5.74) is 5.54. The van der Waals surface area contributed by atoms with E-state index in [0.29, 0.717) is 6.42 Å². The normalized spacial score (nSPS) is 12.2. The smallest absolute Gasteiger partial charge is 0.243 e. The fourth-order valence-corrected chi connectivity index (χ4v) is 2.76. The second-order valence-corrected chi connectivity index (χ2v) is 5.71. The van der Waals surface area contributed by atoms with E-state index in [0.717, 1.165) is 12.1 Å². The summed E-state index contributed by atoms with van der Waals surface area (Å²) in [4.78, 5) is -0.534. The molecular formula is C11H14ClFN2O2S. The molecule has 18 heavy (non-hydrogen) atoms. The van der Waals surface area contributed by atoms with Gasteiger partial charge in [-0.15, -0.1) is 0 Å². The van der Waals surface area contributed by atoms with E-state index in [1.807, 2.05) is 6.92 Å². The van der Waals surface area contributed by atoms with Crippen molar-refractivity contribution in [2.45, 2.75) is 18.2 Å². The molecule has 0 aliphatic heterocycles. The van der Waals surface area contributed by atoms with Crippen molar-refractivity contribution in [1.29, 1.82) is 0 Å². The number of rotatable bonds is 5. The molecular weight excluding hydrogens is 279 g/mol. The lowest BCUT2D eigenvalue weighted by atomic mass is 10.3. The molecule has 0 saturated carbocycles. The zero-order valence-electron chi connectivity index (χ0n) is 9.78. The van der Waals surface area contributed by atoms with Crippen molar-refractivity contribution in [3.8, 4) is 0 Å². The highest BCUT2D eigenvalue weighted by Crippen LogP contribution is 2.25. The molecule has 0 aliphatic carbocycles. The average Bonchev–Trinajstić information content (AvgIpc) is 2.29. The molecule has 1 aromatic carbocycles. The largest absolute Gasteiger partial charge is 0.399 e. The van der Waals surface area contributed by atoms with E-state index in [-0.39, 0.29) is 17.3 Å². The molecule has 0 unspecified atom stereocenters. The van der Waals surface area contributed by atoms with Gasteiger partial charge >= 0.3 is 0 Å². The van der Waals surface area contributed by atoms with Crippen molar-refractivity contribution in [2.75, 3.05) is 12.3 Å². The van der Waals surface area contributed by atoms with Gasteiger partial charge in [0.2, 0.25) is 10.0 Å². The van der Waals surface area contributed by atoms with Crippen LogP contribution in [0.25, 0.3) is 0 Å². The first-order valence-electron chi connectivity index (χ1n) is 5.24. The second kappa shape index (κ2) is 6.17. The zero-order chi connectivity index (χ0) is 13.8. The maximum Gasteiger partial charge on any atom is 0.243 e. The summed E-state index contributed by atoms with van der Waals surface area (Å²) in [7, 11) is -3.94. The summed E-state index contributed by atoms with van der Waals surface area (Å²) in [6.45, 7) is 2.00. The minimum Gasteiger partial charge on any atom is -0.399 e. The van der Waals surface area contributed by atoms with Crippen LogP contribution in [-0.4, -0.2) is 15.0 Å². The third-order valence-corrected chi connectivity index (χ3v) is 3.88. The maximum atomic E-state index is 13.6. The molecule has 0 fully saturated rings. The Morgan fingerprint density at radius 1 is 1.50 bits per heavy atom. The predicted molar refractivity (Wildman–Crippen MR) is 70.4 cm³/mol. The van der Waals surface area contributed by atoms with Gasteiger partial charge in [0.25, 0.3) is 0 Å². The minimum absolute atomic E-state index is 0.0928. The predicted octanol–water partition coefficient (Wildman–Crippen LogP) is 2.31. The Bertz CT molecular complexity index is 558. The lowest BCUT2D eigenvalue weighted by Crippen LogP contribution is -2.25. The Balaban J connectivity index is 2.98. The summed E-state index contributed by atoms with van der Waals surface area (Å²) in [6.07, 6.45) is 4.12. The van der Waals surface area contributed by atoms with Crippen molar-refractivity contribution in [3.63, 3.8) is 0 Å². The number of nitrogens with two attached hydrogens (primary N) is 1. The second-order valence-electron chi connectivity index (χ2n) is 3.57. The van der Waals surface area contributed by atoms with Gasteiger partial charge in [-0.25, -0.2) is 17.5 Å². The van der Waals surface area contributed by atoms with Gasteiger partial charge in [0.15, 0.2) is 5.82 Å². The molecule has 7 heteroatoms. The highest BCUT2D eigenvalue weighted by atomic mass is 35.5. The van der Waals surface area contributed by atoms with Crippen LogP contribution in [-0.2, 0) is 10.0 Å². The monoisotopic (exact) mass is 292 g/mol. The first-order chi connectivity index (χ1) is 8.38. The third kappa shape index (κ3) is 3.69. The molecule has 0 heterocycles. The van der Waals surface area contributed by atoms with E-state index in [1.165, 1.54) is 0 Å². The van der Waals surface area contributed by atoms with Gasteiger partial charge in [-0.05, 0) is 25.5 Å². The van der Waals surface area contributed by atoms with E-state index in [9.17, 15) is 12.8 Å². The lowest BCUT2D eigenvalue weighted by molar-refractivity contribution is 0.558. The van der Waals surface area contributed by atoms with Gasteiger partial charge < -0.3 is 5.73 Å². The molecule has 0 spiro atoms. The van der Waals surface area contributed by atoms with Gasteiger partial charge in [-0.3, -0.25) is 0 Å². The molecule has 0 amide bonds. The lowest BCUT2D eigenvalue weighted by Gasteiger charge is -2.08. The van der Waals surface area contributed by atoms with E-state index < -0.39 is 20.7 Å². The molecule has 0 aliphatic rings. The number of hydrogen-bond donors (Lipinski definition) is 2. The van der Waals surface area contributed by atoms with Crippen LogP contribution in [0, 0.1) is 5.82 Å². The van der Waals surface area contributed by atoms with Crippen LogP contribution in [0.3, 0.4) is 0 Å². The number of anilines is 1. The van der Waals surface area contributed by atoms with Crippen LogP contribution in [0.5, 0.6) is 0 Å². The molecule has 0 saturated heterocycles. The van der Waals surface area contributed by atoms with E-state index in [1.54, 1.807) is 12.2 Å². The number of hydrogen-bond acceptors (Lipinski definition) is 3. The Kier molecular flexibility index (Phi) is 5.13. The molecule has 0 atom stereocenters. The minimum atomic E-state index is -3.94. The Morgan fingerprint density at radius 3 is 2.78 bits per heavy atom. The topological polar surface area (TPSA) is 72.2 Å². The molecule has 100 valence electrons. The molecule has 1 rings (SSSR count). The highest BCUT2D eigenvalue weighted by molar-refractivity contribution is 7.89. The summed E-state index contributed by atoms with van der Waals surface area (Å²) < 4.78 is 39.6. The Hall–Kier alpha value is -1.11. The molecule has 0 aromatic heterocycles. The van der Waals surface area contributed by atoms with Gasteiger partial charge in [0.05, 0.1) is 5.02 Å². The van der Waals surface area contributed by atoms with Crippen molar-refractivity contribution in [3.05, 3.63) is 35.1 Å². The number of nitrogens with one attached hydrogen (secondary N) is 1. The van der Waals surface area contributed by atoms with Crippen molar-refractivity contribution >= 4 is 27.3 Å². The summed E-state index contributed by atoms with van der Waals surface area (Å²) in [6, 6.07) is 2.20. The fraction of sp³-hybridized carbons (Fsp3) is 0.273. The van der Waals surface area contributed by atoms with Gasteiger partial charge in [0, 0.05) is 12.2 Å². The van der Waals surface area contributed by atoms with Crippen molar-refractivity contribution < 1.29 is 12.8 Å². The third-order valence-electron chi connectivity index (χ3n) is 2.15. The number of halogens is 2. The number of nitrogen functional groups attached to an aromatic ring is 1. The van der Waals surface area contributed by atoms with Gasteiger partial charge in [-0.1, -0.05) is 23.8 Å². The van der Waals surface area contributed by atoms with Crippen molar-refractivity contribution in [1.82, 2.24) is 4.72 Å². The van der Waals surface area contributed by atoms with Gasteiger partial charge in [-0.2, -0.15) is 0 Å². The van der Waals surface area contributed by atoms with Crippen LogP contribution in [0.1, 0.15) is 13.3 Å². The first kappa shape index (κ1) is 14.9. The summed E-state index contributed by atoms with van der Waals surface area (Å²) in [5, 5.41) is -0.316. The first-order valence-corrected chi connectivity index (χ1v) is 7.10. The van der Waals surface area contributed by atoms with Crippen LogP contribution in [0.15, 0.2) is 29.2 Å². The number of sulfonamides is 1. The average molecular weight is 293 g/mol. The summed E-state index contributed by atoms with van der Waals surface area (Å²) in [5.74, 6) is -0.996. The maximum absolute atomic E-state index is 13.6. The van der Waals surface area contributed by atoms with Crippen LogP contribution >= 0.6 is 11.6 Å². The molecule has 4 nitrogen and oxygen atoms in total. The molecule has 0 bridgehead atoms. The van der Waals surface area contributed by atoms with E-state index in [2.05, 4.69) is 4.72 Å². The quantitative estimate of drug-likeness (QED) is 0.497. The Labute approximate surface area is 111 Å². The van der Waals surface area contributed by atoms with Crippen LogP contribution < -0.4 is 10.5 Å². The van der Waals surface area contributed by atoms with E-state index >= 15 is 0 Å². The van der Waals surface area contributed by atoms with E-state index in [4.69, 9.17) is 17.3 Å².